The van der Waals surface area contributed by atoms with Crippen molar-refractivity contribution in [2.24, 2.45) is 0 Å². The monoisotopic (exact) mass is 352 g/mol. The van der Waals surface area contributed by atoms with E-state index in [1.165, 1.54) is 36.4 Å². The first-order valence-electron chi connectivity index (χ1n) is 6.53. The molecule has 120 valence electrons. The van der Waals surface area contributed by atoms with Crippen molar-refractivity contribution in [3.63, 3.8) is 0 Å². The average Bonchev–Trinajstić information content (AvgIpc) is 2.52. The topological polar surface area (TPSA) is 77.5 Å². The summed E-state index contributed by atoms with van der Waals surface area (Å²) in [4.78, 5) is 23.8. The lowest BCUT2D eigenvalue weighted by Crippen LogP contribution is -2.14. The van der Waals surface area contributed by atoms with Gasteiger partial charge >= 0.3 is 5.97 Å². The number of Topliss-reactive ketones (excluding diaryl/α,β-unsaturated/α-hetero) is 1. The molecule has 0 unspecified atom stereocenters. The smallest absolute Gasteiger partial charge is 0.338 e. The maximum absolute atomic E-state index is 11.9. The summed E-state index contributed by atoms with van der Waals surface area (Å²) in [5.74, 6) is -1.15. The summed E-state index contributed by atoms with van der Waals surface area (Å²) in [6, 6.07) is 11.6. The predicted octanol–water partition coefficient (Wildman–Crippen LogP) is 2.78. The van der Waals surface area contributed by atoms with Crippen molar-refractivity contribution >= 4 is 33.2 Å². The van der Waals surface area contributed by atoms with Gasteiger partial charge in [-0.2, -0.15) is 0 Å². The number of ketones is 1. The predicted molar refractivity (Wildman–Crippen MR) is 85.6 cm³/mol. The lowest BCUT2D eigenvalue weighted by atomic mass is 10.1. The lowest BCUT2D eigenvalue weighted by molar-refractivity contribution is 0.0474. The Morgan fingerprint density at radius 3 is 2.30 bits per heavy atom. The lowest BCUT2D eigenvalue weighted by Gasteiger charge is -2.06. The van der Waals surface area contributed by atoms with Gasteiger partial charge in [0, 0.05) is 16.8 Å². The van der Waals surface area contributed by atoms with Crippen molar-refractivity contribution in [3.05, 3.63) is 64.7 Å². The Labute approximate surface area is 138 Å². The Kier molecular flexibility index (Phi) is 5.18. The molecule has 0 amide bonds. The largest absolute Gasteiger partial charge is 0.454 e. The minimum absolute atomic E-state index is 0.0102. The number of hydrogen-bond acceptors (Lipinski definition) is 5. The van der Waals surface area contributed by atoms with Gasteiger partial charge in [0.15, 0.2) is 22.2 Å². The van der Waals surface area contributed by atoms with Crippen molar-refractivity contribution in [2.45, 2.75) is 4.90 Å². The van der Waals surface area contributed by atoms with Gasteiger partial charge < -0.3 is 4.74 Å². The van der Waals surface area contributed by atoms with Crippen molar-refractivity contribution < 1.29 is 22.7 Å². The molecule has 23 heavy (non-hydrogen) atoms. The molecule has 2 aromatic rings. The van der Waals surface area contributed by atoms with E-state index in [-0.39, 0.29) is 16.2 Å². The first-order chi connectivity index (χ1) is 10.8. The fraction of sp³-hybridized carbons (Fsp3) is 0.125. The highest BCUT2D eigenvalue weighted by molar-refractivity contribution is 7.90. The van der Waals surface area contributed by atoms with Crippen LogP contribution in [-0.4, -0.2) is 33.0 Å². The van der Waals surface area contributed by atoms with E-state index in [4.69, 9.17) is 16.3 Å². The fourth-order valence-corrected chi connectivity index (χ4v) is 2.58. The van der Waals surface area contributed by atoms with E-state index < -0.39 is 22.4 Å². The molecule has 2 rings (SSSR count). The highest BCUT2D eigenvalue weighted by atomic mass is 35.5. The molecule has 0 heterocycles. The number of sulfone groups is 1. The van der Waals surface area contributed by atoms with Gasteiger partial charge in [-0.15, -0.1) is 0 Å². The number of ether oxygens (including phenoxy) is 1. The highest BCUT2D eigenvalue weighted by Crippen LogP contribution is 2.13. The molecule has 0 bridgehead atoms. The average molecular weight is 353 g/mol. The minimum atomic E-state index is -3.42. The van der Waals surface area contributed by atoms with Crippen LogP contribution in [-0.2, 0) is 14.6 Å². The SMILES string of the molecule is CS(=O)(=O)c1cccc(C(=O)OCC(=O)c2ccc(Cl)cc2)c1. The second-order valence-electron chi connectivity index (χ2n) is 4.81. The molecule has 0 atom stereocenters. The molecular weight excluding hydrogens is 340 g/mol. The number of rotatable bonds is 5. The number of esters is 1. The molecule has 0 saturated heterocycles. The molecule has 0 N–H and O–H groups in total. The normalized spacial score (nSPS) is 11.0. The molecule has 0 saturated carbocycles. The summed E-state index contributed by atoms with van der Waals surface area (Å²) >= 11 is 5.73. The van der Waals surface area contributed by atoms with Crippen LogP contribution in [0.2, 0.25) is 5.02 Å². The molecule has 7 heteroatoms. The third kappa shape index (κ3) is 4.64. The molecule has 0 radical (unpaired) electrons. The van der Waals surface area contributed by atoms with Crippen molar-refractivity contribution in [3.8, 4) is 0 Å². The zero-order valence-corrected chi connectivity index (χ0v) is 13.7. The number of hydrogen-bond donors (Lipinski definition) is 0. The molecule has 0 spiro atoms. The quantitative estimate of drug-likeness (QED) is 0.610. The molecule has 2 aromatic carbocycles. The van der Waals surface area contributed by atoms with E-state index in [2.05, 4.69) is 0 Å². The first kappa shape index (κ1) is 17.2. The standard InChI is InChI=1S/C16H13ClO5S/c1-23(20,21)14-4-2-3-12(9-14)16(19)22-10-15(18)11-5-7-13(17)8-6-11/h2-9H,10H2,1H3. The maximum atomic E-state index is 11.9. The van der Waals surface area contributed by atoms with Crippen LogP contribution in [0.3, 0.4) is 0 Å². The summed E-state index contributed by atoms with van der Waals surface area (Å²) < 4.78 is 27.9. The van der Waals surface area contributed by atoms with E-state index in [0.29, 0.717) is 10.6 Å². The zero-order chi connectivity index (χ0) is 17.0. The summed E-state index contributed by atoms with van der Waals surface area (Å²) in [6.45, 7) is -0.441. The maximum Gasteiger partial charge on any atom is 0.338 e. The van der Waals surface area contributed by atoms with Crippen LogP contribution >= 0.6 is 11.6 Å². The number of benzene rings is 2. The Morgan fingerprint density at radius 2 is 1.70 bits per heavy atom. The van der Waals surface area contributed by atoms with Crippen molar-refractivity contribution in [2.75, 3.05) is 12.9 Å². The number of carbonyl (C=O) groups excluding carboxylic acids is 2. The number of halogens is 1. The van der Waals surface area contributed by atoms with Crippen LogP contribution in [0.15, 0.2) is 53.4 Å². The highest BCUT2D eigenvalue weighted by Gasteiger charge is 2.14. The van der Waals surface area contributed by atoms with Gasteiger partial charge in [0.1, 0.15) is 0 Å². The second kappa shape index (κ2) is 6.93. The first-order valence-corrected chi connectivity index (χ1v) is 8.80. The van der Waals surface area contributed by atoms with Crippen molar-refractivity contribution in [1.82, 2.24) is 0 Å². The van der Waals surface area contributed by atoms with E-state index in [9.17, 15) is 18.0 Å². The van der Waals surface area contributed by atoms with Crippen LogP contribution in [0.1, 0.15) is 20.7 Å². The fourth-order valence-electron chi connectivity index (χ4n) is 1.79. The van der Waals surface area contributed by atoms with Crippen LogP contribution in [0.25, 0.3) is 0 Å². The second-order valence-corrected chi connectivity index (χ2v) is 7.26. The summed E-state index contributed by atoms with van der Waals surface area (Å²) in [5, 5.41) is 0.496. The van der Waals surface area contributed by atoms with Gasteiger partial charge in [0.2, 0.25) is 0 Å². The summed E-state index contributed by atoms with van der Waals surface area (Å²) in [7, 11) is -3.42. The van der Waals surface area contributed by atoms with Gasteiger partial charge in [0.25, 0.3) is 0 Å². The Hall–Kier alpha value is -2.18. The number of carbonyl (C=O) groups is 2. The van der Waals surface area contributed by atoms with Gasteiger partial charge in [-0.05, 0) is 42.5 Å². The Bertz CT molecular complexity index is 841. The molecule has 0 aliphatic rings. The van der Waals surface area contributed by atoms with Crippen LogP contribution in [0.4, 0.5) is 0 Å². The van der Waals surface area contributed by atoms with E-state index in [1.807, 2.05) is 0 Å². The molecular formula is C16H13ClO5S. The van der Waals surface area contributed by atoms with Crippen molar-refractivity contribution in [1.29, 1.82) is 0 Å². The van der Waals surface area contributed by atoms with Gasteiger partial charge in [-0.25, -0.2) is 13.2 Å². The third-order valence-electron chi connectivity index (χ3n) is 3.00. The molecule has 0 fully saturated rings. The van der Waals surface area contributed by atoms with Crippen LogP contribution in [0.5, 0.6) is 0 Å². The van der Waals surface area contributed by atoms with Crippen LogP contribution < -0.4 is 0 Å². The minimum Gasteiger partial charge on any atom is -0.454 e. The molecule has 0 aliphatic carbocycles. The van der Waals surface area contributed by atoms with Gasteiger partial charge in [-0.1, -0.05) is 17.7 Å². The van der Waals surface area contributed by atoms with Gasteiger partial charge in [-0.3, -0.25) is 4.79 Å². The Balaban J connectivity index is 2.05. The van der Waals surface area contributed by atoms with E-state index in [0.717, 1.165) is 6.26 Å². The van der Waals surface area contributed by atoms with Gasteiger partial charge in [0.05, 0.1) is 10.5 Å². The zero-order valence-electron chi connectivity index (χ0n) is 12.2. The van der Waals surface area contributed by atoms with E-state index >= 15 is 0 Å². The molecule has 5 nitrogen and oxygen atoms in total. The summed E-state index contributed by atoms with van der Waals surface area (Å²) in [5.41, 5.74) is 0.434. The third-order valence-corrected chi connectivity index (χ3v) is 4.36. The van der Waals surface area contributed by atoms with E-state index in [1.54, 1.807) is 12.1 Å². The molecule has 0 aliphatic heterocycles. The van der Waals surface area contributed by atoms with Crippen LogP contribution in [0, 0.1) is 0 Å². The molecule has 0 aromatic heterocycles. The summed E-state index contributed by atoms with van der Waals surface area (Å²) in [6.07, 6.45) is 1.04. The Morgan fingerprint density at radius 1 is 1.04 bits per heavy atom.